The molecule has 3 rings (SSSR count). The van der Waals surface area contributed by atoms with Crippen LogP contribution in [0.1, 0.15) is 61.5 Å². The summed E-state index contributed by atoms with van der Waals surface area (Å²) in [6.07, 6.45) is 2.60. The van der Waals surface area contributed by atoms with Crippen LogP contribution < -0.4 is 10.6 Å². The second kappa shape index (κ2) is 7.34. The van der Waals surface area contributed by atoms with Gasteiger partial charge in [0, 0.05) is 13.0 Å². The maximum atomic E-state index is 12.4. The minimum absolute atomic E-state index is 0.126. The smallest absolute Gasteiger partial charge is 0.315 e. The Balaban J connectivity index is 1.65. The van der Waals surface area contributed by atoms with Crippen LogP contribution in [0.2, 0.25) is 0 Å². The van der Waals surface area contributed by atoms with Crippen LogP contribution in [-0.4, -0.2) is 20.8 Å². The molecular weight excluding hydrogens is 316 g/mol. The number of nitriles is 1. The van der Waals surface area contributed by atoms with Crippen LogP contribution >= 0.6 is 0 Å². The molecule has 0 aliphatic carbocycles. The number of carbonyl (C=O) groups is 1. The van der Waals surface area contributed by atoms with Gasteiger partial charge in [-0.2, -0.15) is 10.4 Å². The van der Waals surface area contributed by atoms with Crippen molar-refractivity contribution in [2.45, 2.75) is 51.7 Å². The maximum Gasteiger partial charge on any atom is 0.315 e. The van der Waals surface area contributed by atoms with E-state index in [0.717, 1.165) is 43.0 Å². The van der Waals surface area contributed by atoms with E-state index in [1.54, 1.807) is 12.1 Å². The number of urea groups is 1. The molecule has 7 nitrogen and oxygen atoms in total. The van der Waals surface area contributed by atoms with Crippen LogP contribution in [0.15, 0.2) is 24.3 Å². The van der Waals surface area contributed by atoms with Gasteiger partial charge in [0.25, 0.3) is 0 Å². The van der Waals surface area contributed by atoms with Gasteiger partial charge in [-0.05, 0) is 37.5 Å². The first-order valence-electron chi connectivity index (χ1n) is 8.61. The number of hydrogen-bond donors (Lipinski definition) is 2. The van der Waals surface area contributed by atoms with E-state index in [1.165, 1.54) is 0 Å². The third kappa shape index (κ3) is 3.79. The molecule has 0 saturated carbocycles. The number of amides is 2. The van der Waals surface area contributed by atoms with E-state index in [9.17, 15) is 4.79 Å². The van der Waals surface area contributed by atoms with Gasteiger partial charge >= 0.3 is 6.03 Å². The molecule has 7 heteroatoms. The highest BCUT2D eigenvalue weighted by atomic mass is 16.2. The highest BCUT2D eigenvalue weighted by Crippen LogP contribution is 2.23. The third-order valence-electron chi connectivity index (χ3n) is 4.40. The van der Waals surface area contributed by atoms with Crippen molar-refractivity contribution in [2.24, 2.45) is 0 Å². The summed E-state index contributed by atoms with van der Waals surface area (Å²) in [7, 11) is 0. The molecule has 0 fully saturated rings. The van der Waals surface area contributed by atoms with E-state index in [0.29, 0.717) is 5.56 Å². The summed E-state index contributed by atoms with van der Waals surface area (Å²) in [6.45, 7) is 4.77. The Morgan fingerprint density at radius 3 is 3.12 bits per heavy atom. The first-order valence-corrected chi connectivity index (χ1v) is 8.61. The van der Waals surface area contributed by atoms with Crippen LogP contribution in [0.5, 0.6) is 0 Å². The Hall–Kier alpha value is -2.88. The lowest BCUT2D eigenvalue weighted by Gasteiger charge is -2.24. The highest BCUT2D eigenvalue weighted by Gasteiger charge is 2.25. The molecule has 130 valence electrons. The Morgan fingerprint density at radius 2 is 2.36 bits per heavy atom. The number of hydrogen-bond acceptors (Lipinski definition) is 4. The van der Waals surface area contributed by atoms with E-state index in [-0.39, 0.29) is 18.1 Å². The summed E-state index contributed by atoms with van der Waals surface area (Å²) in [5, 5.41) is 19.4. The Labute approximate surface area is 147 Å². The molecule has 2 N–H and O–H groups in total. The van der Waals surface area contributed by atoms with Crippen molar-refractivity contribution in [1.82, 2.24) is 25.4 Å². The third-order valence-corrected chi connectivity index (χ3v) is 4.40. The summed E-state index contributed by atoms with van der Waals surface area (Å²) < 4.78 is 1.90. The summed E-state index contributed by atoms with van der Waals surface area (Å²) in [6, 6.07) is 8.81. The van der Waals surface area contributed by atoms with Crippen LogP contribution in [0.3, 0.4) is 0 Å². The molecule has 0 spiro atoms. The molecule has 0 unspecified atom stereocenters. The second-order valence-corrected chi connectivity index (χ2v) is 6.23. The molecule has 0 radical (unpaired) electrons. The van der Waals surface area contributed by atoms with Gasteiger partial charge in [-0.3, -0.25) is 0 Å². The van der Waals surface area contributed by atoms with Gasteiger partial charge in [0.2, 0.25) is 0 Å². The predicted molar refractivity (Wildman–Crippen MR) is 92.6 cm³/mol. The van der Waals surface area contributed by atoms with Gasteiger partial charge in [-0.25, -0.2) is 14.5 Å². The predicted octanol–water partition coefficient (Wildman–Crippen LogP) is 2.61. The number of benzene rings is 1. The fourth-order valence-corrected chi connectivity index (χ4v) is 3.04. The minimum Gasteiger partial charge on any atom is -0.332 e. The Kier molecular flexibility index (Phi) is 4.98. The van der Waals surface area contributed by atoms with Crippen molar-refractivity contribution in [1.29, 1.82) is 5.26 Å². The van der Waals surface area contributed by atoms with Crippen LogP contribution in [0.4, 0.5) is 4.79 Å². The molecular formula is C18H22N6O. The summed E-state index contributed by atoms with van der Waals surface area (Å²) in [4.78, 5) is 16.9. The molecule has 25 heavy (non-hydrogen) atoms. The van der Waals surface area contributed by atoms with E-state index in [2.05, 4.69) is 26.8 Å². The molecule has 2 heterocycles. The SMILES string of the molecule is CCc1nc2n(n1)CCC[C@@H]2NC(=O)N[C@@H](C)c1cccc(C#N)c1. The van der Waals surface area contributed by atoms with Gasteiger partial charge in [-0.15, -0.1) is 0 Å². The average Bonchev–Trinajstić information content (AvgIpc) is 3.06. The highest BCUT2D eigenvalue weighted by molar-refractivity contribution is 5.74. The van der Waals surface area contributed by atoms with Crippen molar-refractivity contribution < 1.29 is 4.79 Å². The van der Waals surface area contributed by atoms with Gasteiger partial charge < -0.3 is 10.6 Å². The number of carbonyl (C=O) groups excluding carboxylic acids is 1. The first kappa shape index (κ1) is 17.0. The minimum atomic E-state index is -0.241. The molecule has 0 saturated heterocycles. The number of rotatable bonds is 4. The zero-order chi connectivity index (χ0) is 17.8. The van der Waals surface area contributed by atoms with Crippen molar-refractivity contribution in [3.05, 3.63) is 47.0 Å². The van der Waals surface area contributed by atoms with E-state index >= 15 is 0 Å². The number of nitrogens with zero attached hydrogens (tertiary/aromatic N) is 4. The largest absolute Gasteiger partial charge is 0.332 e. The number of nitrogens with one attached hydrogen (secondary N) is 2. The van der Waals surface area contributed by atoms with Crippen molar-refractivity contribution in [3.8, 4) is 6.07 Å². The molecule has 1 aromatic carbocycles. The topological polar surface area (TPSA) is 95.6 Å². The molecule has 2 atom stereocenters. The zero-order valence-electron chi connectivity index (χ0n) is 14.5. The number of aromatic nitrogens is 3. The summed E-state index contributed by atoms with van der Waals surface area (Å²) in [5.74, 6) is 1.64. The summed E-state index contributed by atoms with van der Waals surface area (Å²) >= 11 is 0. The normalized spacial score (nSPS) is 17.2. The van der Waals surface area contributed by atoms with Gasteiger partial charge in [0.05, 0.1) is 23.7 Å². The molecule has 1 aliphatic rings. The zero-order valence-corrected chi connectivity index (χ0v) is 14.5. The quantitative estimate of drug-likeness (QED) is 0.895. The standard InChI is InChI=1S/C18H22N6O/c1-3-16-22-17-15(8-5-9-24(17)23-16)21-18(25)20-12(2)14-7-4-6-13(10-14)11-19/h4,6-7,10,12,15H,3,5,8-9H2,1-2H3,(H2,20,21,25)/t12-,15-/m0/s1. The van der Waals surface area contributed by atoms with Gasteiger partial charge in [0.1, 0.15) is 5.82 Å². The fourth-order valence-electron chi connectivity index (χ4n) is 3.04. The molecule has 1 aliphatic heterocycles. The first-order chi connectivity index (χ1) is 12.1. The van der Waals surface area contributed by atoms with Crippen molar-refractivity contribution in [2.75, 3.05) is 0 Å². The van der Waals surface area contributed by atoms with Gasteiger partial charge in [0.15, 0.2) is 5.82 Å². The lowest BCUT2D eigenvalue weighted by Crippen LogP contribution is -2.41. The molecule has 1 aromatic heterocycles. The number of aryl methyl sites for hydroxylation is 2. The van der Waals surface area contributed by atoms with E-state index in [1.807, 2.05) is 30.7 Å². The van der Waals surface area contributed by atoms with Crippen LogP contribution in [0.25, 0.3) is 0 Å². The van der Waals surface area contributed by atoms with E-state index < -0.39 is 0 Å². The van der Waals surface area contributed by atoms with Crippen molar-refractivity contribution >= 4 is 6.03 Å². The fraction of sp³-hybridized carbons (Fsp3) is 0.444. The van der Waals surface area contributed by atoms with Crippen LogP contribution in [0, 0.1) is 11.3 Å². The second-order valence-electron chi connectivity index (χ2n) is 6.23. The lowest BCUT2D eigenvalue weighted by molar-refractivity contribution is 0.230. The summed E-state index contributed by atoms with van der Waals surface area (Å²) in [5.41, 5.74) is 1.48. The lowest BCUT2D eigenvalue weighted by atomic mass is 10.1. The maximum absolute atomic E-state index is 12.4. The molecule has 0 bridgehead atoms. The van der Waals surface area contributed by atoms with Crippen molar-refractivity contribution in [3.63, 3.8) is 0 Å². The number of fused-ring (bicyclic) bond motifs is 1. The monoisotopic (exact) mass is 338 g/mol. The Morgan fingerprint density at radius 1 is 1.52 bits per heavy atom. The Bertz CT molecular complexity index is 806. The molecule has 2 aromatic rings. The average molecular weight is 338 g/mol. The molecule has 2 amide bonds. The van der Waals surface area contributed by atoms with E-state index in [4.69, 9.17) is 5.26 Å². The van der Waals surface area contributed by atoms with Crippen LogP contribution in [-0.2, 0) is 13.0 Å². The van der Waals surface area contributed by atoms with Gasteiger partial charge in [-0.1, -0.05) is 19.1 Å².